The third-order valence-electron chi connectivity index (χ3n) is 6.35. The lowest BCUT2D eigenvalue weighted by Gasteiger charge is -2.13. The number of aromatic nitrogens is 4. The number of fused-ring (bicyclic) bond motifs is 1. The third kappa shape index (κ3) is 5.61. The molecule has 5 nitrogen and oxygen atoms in total. The van der Waals surface area contributed by atoms with Gasteiger partial charge in [0.1, 0.15) is 11.3 Å². The van der Waals surface area contributed by atoms with Gasteiger partial charge in [-0.3, -0.25) is 19.3 Å². The van der Waals surface area contributed by atoms with Gasteiger partial charge in [0, 0.05) is 18.5 Å². The summed E-state index contributed by atoms with van der Waals surface area (Å²) in [6, 6.07) is 10.3. The van der Waals surface area contributed by atoms with Gasteiger partial charge in [0.2, 0.25) is 0 Å². The zero-order valence-corrected chi connectivity index (χ0v) is 20.0. The Morgan fingerprint density at radius 2 is 1.75 bits per heavy atom. The van der Waals surface area contributed by atoms with E-state index in [1.165, 1.54) is 56.3 Å². The maximum atomic E-state index is 13.5. The molecule has 0 amide bonds. The van der Waals surface area contributed by atoms with Crippen LogP contribution in [-0.2, 0) is 12.7 Å². The lowest BCUT2D eigenvalue weighted by atomic mass is 9.93. The molecule has 0 radical (unpaired) electrons. The molecule has 1 aromatic carbocycles. The third-order valence-corrected chi connectivity index (χ3v) is 6.35. The highest BCUT2D eigenvalue weighted by molar-refractivity contribution is 5.69. The lowest BCUT2D eigenvalue weighted by Crippen LogP contribution is -2.23. The Bertz CT molecular complexity index is 1410. The molecule has 5 rings (SSSR count). The second kappa shape index (κ2) is 10.6. The molecular weight excluding hydrogens is 472 g/mol. The van der Waals surface area contributed by atoms with E-state index in [0.29, 0.717) is 17.1 Å². The lowest BCUT2D eigenvalue weighted by molar-refractivity contribution is -0.138. The molecule has 188 valence electrons. The average molecular weight is 499 g/mol. The van der Waals surface area contributed by atoms with Crippen molar-refractivity contribution in [3.05, 3.63) is 99.1 Å². The molecule has 0 saturated heterocycles. The van der Waals surface area contributed by atoms with Gasteiger partial charge in [0.15, 0.2) is 5.65 Å². The molecular formula is C27H26F4N4O. The van der Waals surface area contributed by atoms with Gasteiger partial charge in [-0.2, -0.15) is 13.2 Å². The summed E-state index contributed by atoms with van der Waals surface area (Å²) in [5.74, 6) is 0.480. The standard InChI is InChI=1S/C15H11F3N4O.C12H15F/c1-9-7-20-11-4-5-13(23)22(14(11)21-9)8-12-10(15(16,17)18)3-2-6-19-12;1-9-5-4-8-11(13)12(9)10-6-2-3-7-10/h2-7H,8H2,1H3;4-5,8,10H,2-3,6-7H2,1H3. The number of benzene rings is 1. The van der Waals surface area contributed by atoms with Crippen molar-refractivity contribution >= 4 is 11.2 Å². The summed E-state index contributed by atoms with van der Waals surface area (Å²) >= 11 is 0. The second-order valence-corrected chi connectivity index (χ2v) is 8.93. The monoisotopic (exact) mass is 498 g/mol. The molecule has 3 heterocycles. The number of halogens is 4. The summed E-state index contributed by atoms with van der Waals surface area (Å²) in [7, 11) is 0. The van der Waals surface area contributed by atoms with Gasteiger partial charge >= 0.3 is 6.18 Å². The van der Waals surface area contributed by atoms with Crippen LogP contribution >= 0.6 is 0 Å². The fourth-order valence-electron chi connectivity index (χ4n) is 4.64. The van der Waals surface area contributed by atoms with Crippen molar-refractivity contribution in [3.63, 3.8) is 0 Å². The Labute approximate surface area is 205 Å². The van der Waals surface area contributed by atoms with E-state index in [1.54, 1.807) is 19.1 Å². The zero-order valence-electron chi connectivity index (χ0n) is 20.0. The molecule has 1 fully saturated rings. The van der Waals surface area contributed by atoms with Crippen LogP contribution in [0.2, 0.25) is 0 Å². The quantitative estimate of drug-likeness (QED) is 0.309. The van der Waals surface area contributed by atoms with E-state index >= 15 is 0 Å². The largest absolute Gasteiger partial charge is 0.418 e. The van der Waals surface area contributed by atoms with Crippen LogP contribution in [0.1, 0.15) is 59.7 Å². The normalized spacial score (nSPS) is 14.1. The molecule has 9 heteroatoms. The van der Waals surface area contributed by atoms with Gasteiger partial charge in [-0.25, -0.2) is 9.37 Å². The van der Waals surface area contributed by atoms with E-state index in [-0.39, 0.29) is 23.7 Å². The second-order valence-electron chi connectivity index (χ2n) is 8.93. The van der Waals surface area contributed by atoms with Gasteiger partial charge in [0.25, 0.3) is 5.56 Å². The van der Waals surface area contributed by atoms with Gasteiger partial charge in [-0.1, -0.05) is 25.0 Å². The first-order valence-electron chi connectivity index (χ1n) is 11.7. The molecule has 3 aromatic heterocycles. The summed E-state index contributed by atoms with van der Waals surface area (Å²) in [5, 5.41) is 0. The summed E-state index contributed by atoms with van der Waals surface area (Å²) in [6.07, 6.45) is 3.11. The molecule has 0 unspecified atom stereocenters. The van der Waals surface area contributed by atoms with Crippen molar-refractivity contribution in [1.29, 1.82) is 0 Å². The van der Waals surface area contributed by atoms with E-state index in [0.717, 1.165) is 21.8 Å². The molecule has 0 bridgehead atoms. The minimum atomic E-state index is -4.54. The number of pyridine rings is 2. The highest BCUT2D eigenvalue weighted by Gasteiger charge is 2.34. The molecule has 1 aliphatic carbocycles. The molecule has 36 heavy (non-hydrogen) atoms. The zero-order chi connectivity index (χ0) is 25.9. The summed E-state index contributed by atoms with van der Waals surface area (Å²) in [6.45, 7) is 3.37. The number of aryl methyl sites for hydroxylation is 2. The van der Waals surface area contributed by atoms with E-state index in [1.807, 2.05) is 13.0 Å². The van der Waals surface area contributed by atoms with Gasteiger partial charge in [-0.15, -0.1) is 0 Å². The van der Waals surface area contributed by atoms with Gasteiger partial charge in [0.05, 0.1) is 23.5 Å². The van der Waals surface area contributed by atoms with Crippen molar-refractivity contribution in [2.75, 3.05) is 0 Å². The highest BCUT2D eigenvalue weighted by atomic mass is 19.4. The van der Waals surface area contributed by atoms with Crippen LogP contribution in [0.15, 0.2) is 59.7 Å². The molecule has 0 aliphatic heterocycles. The smallest absolute Gasteiger partial charge is 0.285 e. The molecule has 4 aromatic rings. The summed E-state index contributed by atoms with van der Waals surface area (Å²) in [4.78, 5) is 24.2. The van der Waals surface area contributed by atoms with Crippen LogP contribution < -0.4 is 5.56 Å². The Balaban J connectivity index is 0.000000197. The Kier molecular flexibility index (Phi) is 7.47. The van der Waals surface area contributed by atoms with Crippen molar-refractivity contribution < 1.29 is 17.6 Å². The van der Waals surface area contributed by atoms with Gasteiger partial charge in [-0.05, 0) is 68.0 Å². The average Bonchev–Trinajstić information content (AvgIpc) is 3.35. The first kappa shape index (κ1) is 25.5. The predicted octanol–water partition coefficient (Wildman–Crippen LogP) is 6.35. The van der Waals surface area contributed by atoms with Crippen LogP contribution in [0, 0.1) is 19.7 Å². The predicted molar refractivity (Wildman–Crippen MR) is 129 cm³/mol. The Hall–Kier alpha value is -3.62. The van der Waals surface area contributed by atoms with Crippen molar-refractivity contribution in [2.24, 2.45) is 0 Å². The fraction of sp³-hybridized carbons (Fsp3) is 0.333. The van der Waals surface area contributed by atoms with Crippen LogP contribution in [0.3, 0.4) is 0 Å². The Morgan fingerprint density at radius 3 is 2.44 bits per heavy atom. The Morgan fingerprint density at radius 1 is 1.00 bits per heavy atom. The molecule has 0 spiro atoms. The minimum absolute atomic E-state index is 0.00750. The molecule has 1 aliphatic rings. The van der Waals surface area contributed by atoms with Crippen LogP contribution in [0.25, 0.3) is 11.2 Å². The number of rotatable bonds is 3. The van der Waals surface area contributed by atoms with Crippen molar-refractivity contribution in [3.8, 4) is 0 Å². The SMILES string of the molecule is Cc1cccc(F)c1C1CCCC1.Cc1cnc2ccc(=O)n(Cc3ncccc3C(F)(F)F)c2n1. The number of nitrogens with zero attached hydrogens (tertiary/aromatic N) is 4. The first-order valence-corrected chi connectivity index (χ1v) is 11.7. The maximum Gasteiger partial charge on any atom is 0.418 e. The van der Waals surface area contributed by atoms with Gasteiger partial charge < -0.3 is 0 Å². The number of hydrogen-bond donors (Lipinski definition) is 0. The molecule has 1 saturated carbocycles. The van der Waals surface area contributed by atoms with Crippen LogP contribution in [0.5, 0.6) is 0 Å². The highest BCUT2D eigenvalue weighted by Crippen LogP contribution is 2.37. The maximum absolute atomic E-state index is 13.5. The minimum Gasteiger partial charge on any atom is -0.285 e. The van der Waals surface area contributed by atoms with E-state index in [9.17, 15) is 22.4 Å². The number of hydrogen-bond acceptors (Lipinski definition) is 4. The van der Waals surface area contributed by atoms with Crippen LogP contribution in [0.4, 0.5) is 17.6 Å². The van der Waals surface area contributed by atoms with E-state index < -0.39 is 17.3 Å². The van der Waals surface area contributed by atoms with E-state index in [4.69, 9.17) is 0 Å². The number of alkyl halides is 3. The summed E-state index contributed by atoms with van der Waals surface area (Å²) < 4.78 is 53.9. The van der Waals surface area contributed by atoms with Crippen molar-refractivity contribution in [1.82, 2.24) is 19.5 Å². The topological polar surface area (TPSA) is 60.7 Å². The van der Waals surface area contributed by atoms with Crippen molar-refractivity contribution in [2.45, 2.75) is 58.2 Å². The first-order chi connectivity index (χ1) is 17.1. The molecule has 0 atom stereocenters. The van der Waals surface area contributed by atoms with Crippen LogP contribution in [-0.4, -0.2) is 19.5 Å². The summed E-state index contributed by atoms with van der Waals surface area (Å²) in [5.41, 5.74) is 1.75. The fourth-order valence-corrected chi connectivity index (χ4v) is 4.64. The van der Waals surface area contributed by atoms with E-state index in [2.05, 4.69) is 15.0 Å². The molecule has 0 N–H and O–H groups in total.